The lowest BCUT2D eigenvalue weighted by atomic mass is 9.60. The van der Waals surface area contributed by atoms with Crippen LogP contribution in [0.2, 0.25) is 0 Å². The van der Waals surface area contributed by atoms with E-state index in [1.54, 1.807) is 6.20 Å². The molecule has 1 aliphatic heterocycles. The Morgan fingerprint density at radius 3 is 2.62 bits per heavy atom. The molecule has 1 fully saturated rings. The third-order valence-corrected chi connectivity index (χ3v) is 7.57. The highest BCUT2D eigenvalue weighted by molar-refractivity contribution is 5.98. The van der Waals surface area contributed by atoms with Crippen molar-refractivity contribution in [2.45, 2.75) is 58.2 Å². The molecule has 0 radical (unpaired) electrons. The second-order valence-electron chi connectivity index (χ2n) is 10.5. The molecule has 1 spiro atoms. The lowest BCUT2D eigenvalue weighted by molar-refractivity contribution is 0.0563. The first-order valence-electron chi connectivity index (χ1n) is 12.9. The van der Waals surface area contributed by atoms with Gasteiger partial charge in [0.2, 0.25) is 5.69 Å². The van der Waals surface area contributed by atoms with Crippen molar-refractivity contribution in [1.82, 2.24) is 24.3 Å². The molecule has 3 aromatic rings. The fraction of sp³-hybridized carbons (Fsp3) is 0.448. The van der Waals surface area contributed by atoms with Crippen molar-refractivity contribution in [1.29, 1.82) is 0 Å². The number of benzene rings is 1. The minimum absolute atomic E-state index is 0.0166. The monoisotopic (exact) mass is 498 g/mol. The van der Waals surface area contributed by atoms with Gasteiger partial charge in [-0.15, -0.1) is 0 Å². The Morgan fingerprint density at radius 1 is 1.19 bits per heavy atom. The van der Waals surface area contributed by atoms with Gasteiger partial charge in [-0.3, -0.25) is 9.78 Å². The van der Waals surface area contributed by atoms with Crippen molar-refractivity contribution in [2.24, 2.45) is 0 Å². The van der Waals surface area contributed by atoms with Gasteiger partial charge >= 0.3 is 0 Å². The molecule has 1 amide bonds. The highest BCUT2D eigenvalue weighted by atomic mass is 16.5. The minimum atomic E-state index is -0.0166. The van der Waals surface area contributed by atoms with Crippen LogP contribution in [-0.2, 0) is 25.0 Å². The summed E-state index contributed by atoms with van der Waals surface area (Å²) in [4.78, 5) is 30.5. The molecule has 0 bridgehead atoms. The zero-order valence-electron chi connectivity index (χ0n) is 22.1. The highest BCUT2D eigenvalue weighted by Gasteiger charge is 2.48. The zero-order chi connectivity index (χ0) is 26.2. The van der Waals surface area contributed by atoms with E-state index in [9.17, 15) is 4.79 Å². The van der Waals surface area contributed by atoms with Gasteiger partial charge in [0.15, 0.2) is 0 Å². The highest BCUT2D eigenvalue weighted by Crippen LogP contribution is 2.50. The molecule has 2 aliphatic rings. The number of hydrogen-bond acceptors (Lipinski definition) is 5. The summed E-state index contributed by atoms with van der Waals surface area (Å²) >= 11 is 0. The van der Waals surface area contributed by atoms with E-state index >= 15 is 0 Å². The molecular weight excluding hydrogens is 464 g/mol. The fourth-order valence-electron chi connectivity index (χ4n) is 5.82. The molecule has 1 aliphatic carbocycles. The summed E-state index contributed by atoms with van der Waals surface area (Å²) in [6, 6.07) is 6.20. The first-order chi connectivity index (χ1) is 17.8. The van der Waals surface area contributed by atoms with E-state index in [1.807, 2.05) is 37.2 Å². The quantitative estimate of drug-likeness (QED) is 0.420. The summed E-state index contributed by atoms with van der Waals surface area (Å²) in [5.74, 6) is 1.53. The molecular formula is C29H34N6O2. The molecule has 8 nitrogen and oxygen atoms in total. The van der Waals surface area contributed by atoms with Gasteiger partial charge in [0.25, 0.3) is 5.91 Å². The van der Waals surface area contributed by atoms with Crippen LogP contribution in [0.15, 0.2) is 36.8 Å². The molecule has 1 saturated carbocycles. The molecule has 5 rings (SSSR count). The topological polar surface area (TPSA) is 67.9 Å². The Kier molecular flexibility index (Phi) is 6.74. The number of rotatable bonds is 8. The number of pyridine rings is 1. The molecule has 0 unspecified atom stereocenters. The van der Waals surface area contributed by atoms with Gasteiger partial charge in [0.05, 0.1) is 25.4 Å². The predicted octanol–water partition coefficient (Wildman–Crippen LogP) is 4.72. The van der Waals surface area contributed by atoms with Crippen LogP contribution in [0.1, 0.15) is 64.8 Å². The second kappa shape index (κ2) is 9.98. The second-order valence-corrected chi connectivity index (χ2v) is 10.5. The van der Waals surface area contributed by atoms with Crippen molar-refractivity contribution in [3.05, 3.63) is 82.0 Å². The average Bonchev–Trinajstić information content (AvgIpc) is 3.24. The lowest BCUT2D eigenvalue weighted by Gasteiger charge is -2.50. The summed E-state index contributed by atoms with van der Waals surface area (Å²) < 4.78 is 7.79. The van der Waals surface area contributed by atoms with Crippen LogP contribution in [-0.4, -0.2) is 57.5 Å². The fourth-order valence-corrected chi connectivity index (χ4v) is 5.82. The number of nitrogens with zero attached hydrogens (tertiary/aromatic N) is 6. The van der Waals surface area contributed by atoms with Gasteiger partial charge in [-0.25, -0.2) is 9.83 Å². The average molecular weight is 499 g/mol. The maximum absolute atomic E-state index is 14.0. The summed E-state index contributed by atoms with van der Waals surface area (Å²) in [6.45, 7) is 14.3. The molecule has 0 saturated heterocycles. The van der Waals surface area contributed by atoms with Crippen molar-refractivity contribution in [3.8, 4) is 5.75 Å². The first kappa shape index (κ1) is 25.0. The Morgan fingerprint density at radius 2 is 2.00 bits per heavy atom. The van der Waals surface area contributed by atoms with E-state index in [0.717, 1.165) is 42.0 Å². The van der Waals surface area contributed by atoms with Gasteiger partial charge in [-0.05, 0) is 69.6 Å². The maximum Gasteiger partial charge on any atom is 0.254 e. The van der Waals surface area contributed by atoms with Crippen molar-refractivity contribution >= 4 is 11.6 Å². The number of hydrogen-bond donors (Lipinski definition) is 0. The number of ether oxygens (including phenoxy) is 1. The van der Waals surface area contributed by atoms with Gasteiger partial charge in [-0.2, -0.15) is 0 Å². The van der Waals surface area contributed by atoms with Crippen LogP contribution in [0.3, 0.4) is 0 Å². The standard InChI is InChI=1S/C29H34N6O2/c1-6-37-26-14-23(32-15-25(26)30-3)18-35-19-29(8-7-9-29)27-22(17-33(4)5)12-21(13-24(27)28(35)36)16-34-11-10-31-20(34)2/h10-15H,6-9,16-19H2,1-2,4-5H3. The van der Waals surface area contributed by atoms with Gasteiger partial charge in [0.1, 0.15) is 11.6 Å². The summed E-state index contributed by atoms with van der Waals surface area (Å²) in [5.41, 5.74) is 5.54. The van der Waals surface area contributed by atoms with Crippen LogP contribution in [0.5, 0.6) is 5.75 Å². The van der Waals surface area contributed by atoms with Crippen molar-refractivity contribution in [2.75, 3.05) is 27.2 Å². The van der Waals surface area contributed by atoms with Gasteiger partial charge in [-0.1, -0.05) is 12.5 Å². The molecule has 37 heavy (non-hydrogen) atoms. The molecule has 192 valence electrons. The number of carbonyl (C=O) groups excluding carboxylic acids is 1. The zero-order valence-corrected chi connectivity index (χ0v) is 22.1. The normalized spacial score (nSPS) is 16.0. The van der Waals surface area contributed by atoms with E-state index in [1.165, 1.54) is 17.5 Å². The summed E-state index contributed by atoms with van der Waals surface area (Å²) in [6.07, 6.45) is 8.68. The number of fused-ring (bicyclic) bond motifs is 2. The van der Waals surface area contributed by atoms with Crippen LogP contribution in [0, 0.1) is 13.5 Å². The van der Waals surface area contributed by atoms with Crippen molar-refractivity contribution in [3.63, 3.8) is 0 Å². The summed E-state index contributed by atoms with van der Waals surface area (Å²) in [5, 5.41) is 0. The first-order valence-corrected chi connectivity index (χ1v) is 12.9. The smallest absolute Gasteiger partial charge is 0.254 e. The molecule has 0 N–H and O–H groups in total. The third-order valence-electron chi connectivity index (χ3n) is 7.57. The van der Waals surface area contributed by atoms with E-state index in [4.69, 9.17) is 11.3 Å². The minimum Gasteiger partial charge on any atom is -0.505 e. The number of imidazole rings is 1. The number of carbonyl (C=O) groups is 1. The SMILES string of the molecule is [C-]#[N+]c1cnc(CN2CC3(CCC3)c3c(CN(C)C)cc(Cn4ccnc4C)cc3C2=O)cc1OCC. The Balaban J connectivity index is 1.54. The third kappa shape index (κ3) is 4.72. The Bertz CT molecular complexity index is 1370. The van der Waals surface area contributed by atoms with E-state index < -0.39 is 0 Å². The van der Waals surface area contributed by atoms with Crippen LogP contribution < -0.4 is 4.74 Å². The Hall–Kier alpha value is -3.70. The largest absolute Gasteiger partial charge is 0.505 e. The van der Waals surface area contributed by atoms with E-state index in [-0.39, 0.29) is 11.3 Å². The van der Waals surface area contributed by atoms with E-state index in [2.05, 4.69) is 50.5 Å². The van der Waals surface area contributed by atoms with Crippen LogP contribution in [0.25, 0.3) is 4.85 Å². The maximum atomic E-state index is 14.0. The number of aromatic nitrogens is 3. The number of aryl methyl sites for hydroxylation is 1. The van der Waals surface area contributed by atoms with Gasteiger partial charge in [0, 0.05) is 49.2 Å². The molecule has 0 atom stereocenters. The molecule has 2 aromatic heterocycles. The van der Waals surface area contributed by atoms with Crippen molar-refractivity contribution < 1.29 is 9.53 Å². The molecule has 1 aromatic carbocycles. The molecule has 3 heterocycles. The van der Waals surface area contributed by atoms with E-state index in [0.29, 0.717) is 37.7 Å². The Labute approximate surface area is 218 Å². The lowest BCUT2D eigenvalue weighted by Crippen LogP contribution is -2.53. The van der Waals surface area contributed by atoms with Crippen LogP contribution in [0.4, 0.5) is 5.69 Å². The summed E-state index contributed by atoms with van der Waals surface area (Å²) in [7, 11) is 4.16. The van der Waals surface area contributed by atoms with Crippen LogP contribution >= 0.6 is 0 Å². The number of amides is 1. The van der Waals surface area contributed by atoms with Gasteiger partial charge < -0.3 is 19.1 Å². The molecule has 8 heteroatoms. The predicted molar refractivity (Wildman–Crippen MR) is 142 cm³/mol.